The van der Waals surface area contributed by atoms with E-state index in [-0.39, 0.29) is 23.6 Å². The Balaban J connectivity index is 1.40. The van der Waals surface area contributed by atoms with E-state index >= 15 is 0 Å². The first kappa shape index (κ1) is 22.5. The van der Waals surface area contributed by atoms with Crippen molar-refractivity contribution in [1.29, 1.82) is 0 Å². The topological polar surface area (TPSA) is 69.7 Å². The molecule has 0 aliphatic carbocycles. The molecule has 1 aromatic heterocycles. The summed E-state index contributed by atoms with van der Waals surface area (Å²) in [7, 11) is 0. The maximum atomic E-state index is 13.4. The first-order valence-electron chi connectivity index (χ1n) is 11.6. The Labute approximate surface area is 193 Å². The van der Waals surface area contributed by atoms with Crippen LogP contribution < -0.4 is 5.32 Å². The predicted octanol–water partition coefficient (Wildman–Crippen LogP) is 3.34. The molecule has 1 atom stereocenters. The molecule has 32 heavy (non-hydrogen) atoms. The molecule has 0 saturated carbocycles. The summed E-state index contributed by atoms with van der Waals surface area (Å²) in [5.41, 5.74) is 1.01. The number of thiophene rings is 1. The number of piperidine rings is 2. The molecule has 0 radical (unpaired) electrons. The molecule has 170 valence electrons. The Morgan fingerprint density at radius 1 is 0.906 bits per heavy atom. The van der Waals surface area contributed by atoms with Crippen LogP contribution in [0.5, 0.6) is 0 Å². The van der Waals surface area contributed by atoms with Crippen molar-refractivity contribution in [3.63, 3.8) is 0 Å². The number of nitrogens with one attached hydrogen (secondary N) is 1. The number of likely N-dealkylation sites (tertiary alicyclic amines) is 2. The third-order valence-electron chi connectivity index (χ3n) is 6.53. The van der Waals surface area contributed by atoms with E-state index in [2.05, 4.69) is 5.32 Å². The van der Waals surface area contributed by atoms with Gasteiger partial charge in [-0.1, -0.05) is 36.4 Å². The Morgan fingerprint density at radius 3 is 2.28 bits per heavy atom. The van der Waals surface area contributed by atoms with Crippen molar-refractivity contribution in [3.8, 4) is 0 Å². The van der Waals surface area contributed by atoms with E-state index < -0.39 is 6.04 Å². The second-order valence-electron chi connectivity index (χ2n) is 8.69. The zero-order valence-electron chi connectivity index (χ0n) is 18.4. The Bertz CT molecular complexity index is 902. The quantitative estimate of drug-likeness (QED) is 0.729. The largest absolute Gasteiger partial charge is 0.342 e. The highest BCUT2D eigenvalue weighted by molar-refractivity contribution is 7.12. The van der Waals surface area contributed by atoms with E-state index in [4.69, 9.17) is 0 Å². The van der Waals surface area contributed by atoms with Crippen molar-refractivity contribution >= 4 is 29.1 Å². The summed E-state index contributed by atoms with van der Waals surface area (Å²) in [5, 5.41) is 4.92. The molecule has 1 aromatic carbocycles. The number of benzene rings is 1. The molecule has 1 unspecified atom stereocenters. The second kappa shape index (κ2) is 10.8. The molecule has 0 spiro atoms. The molecule has 7 heteroatoms. The molecule has 2 aromatic rings. The maximum Gasteiger partial charge on any atom is 0.262 e. The van der Waals surface area contributed by atoms with Crippen LogP contribution in [-0.4, -0.2) is 59.7 Å². The highest BCUT2D eigenvalue weighted by Crippen LogP contribution is 2.25. The van der Waals surface area contributed by atoms with Gasteiger partial charge in [0.1, 0.15) is 6.04 Å². The van der Waals surface area contributed by atoms with Gasteiger partial charge in [-0.25, -0.2) is 0 Å². The number of rotatable bonds is 6. The van der Waals surface area contributed by atoms with E-state index in [1.807, 2.05) is 51.6 Å². The lowest BCUT2D eigenvalue weighted by Gasteiger charge is -2.38. The van der Waals surface area contributed by atoms with Crippen molar-refractivity contribution in [2.75, 3.05) is 26.2 Å². The van der Waals surface area contributed by atoms with Gasteiger partial charge in [-0.15, -0.1) is 11.3 Å². The molecule has 3 heterocycles. The molecule has 2 saturated heterocycles. The molecular weight excluding hydrogens is 422 g/mol. The third kappa shape index (κ3) is 5.57. The SMILES string of the molecule is O=C(NC(C(=O)N1CCCCC1)C1CCN(C(=O)Cc2ccccc2)CC1)c1cccs1. The molecule has 0 bridgehead atoms. The molecular formula is C25H31N3O3S. The van der Waals surface area contributed by atoms with Crippen LogP contribution in [0.25, 0.3) is 0 Å². The van der Waals surface area contributed by atoms with Crippen LogP contribution >= 0.6 is 11.3 Å². The standard InChI is InChI=1S/C25H31N3O3S/c29-22(18-19-8-3-1-4-9-19)27-15-11-20(12-16-27)23(25(31)28-13-5-2-6-14-28)26-24(30)21-10-7-17-32-21/h1,3-4,7-10,17,20,23H,2,5-6,11-16,18H2,(H,26,30). The first-order chi connectivity index (χ1) is 15.6. The molecule has 1 N–H and O–H groups in total. The summed E-state index contributed by atoms with van der Waals surface area (Å²) in [5.74, 6) is 0.00639. The van der Waals surface area contributed by atoms with E-state index in [1.165, 1.54) is 11.3 Å². The Morgan fingerprint density at radius 2 is 1.62 bits per heavy atom. The van der Waals surface area contributed by atoms with Gasteiger partial charge in [-0.05, 0) is 55.0 Å². The summed E-state index contributed by atoms with van der Waals surface area (Å²) >= 11 is 1.38. The minimum Gasteiger partial charge on any atom is -0.342 e. The van der Waals surface area contributed by atoms with Gasteiger partial charge in [0.25, 0.3) is 5.91 Å². The zero-order valence-corrected chi connectivity index (χ0v) is 19.2. The monoisotopic (exact) mass is 453 g/mol. The van der Waals surface area contributed by atoms with Crippen molar-refractivity contribution in [2.24, 2.45) is 5.92 Å². The number of hydrogen-bond acceptors (Lipinski definition) is 4. The van der Waals surface area contributed by atoms with Gasteiger partial charge in [-0.2, -0.15) is 0 Å². The molecule has 4 rings (SSSR count). The first-order valence-corrected chi connectivity index (χ1v) is 12.4. The van der Waals surface area contributed by atoms with Gasteiger partial charge >= 0.3 is 0 Å². The highest BCUT2D eigenvalue weighted by atomic mass is 32.1. The van der Waals surface area contributed by atoms with Crippen LogP contribution in [0, 0.1) is 5.92 Å². The summed E-state index contributed by atoms with van der Waals surface area (Å²) in [4.78, 5) is 43.4. The fourth-order valence-electron chi connectivity index (χ4n) is 4.68. The van der Waals surface area contributed by atoms with E-state index in [0.717, 1.165) is 50.8 Å². The van der Waals surface area contributed by atoms with E-state index in [0.29, 0.717) is 24.4 Å². The van der Waals surface area contributed by atoms with Crippen LogP contribution in [-0.2, 0) is 16.0 Å². The summed E-state index contributed by atoms with van der Waals surface area (Å²) in [6.07, 6.45) is 5.02. The van der Waals surface area contributed by atoms with Gasteiger partial charge in [0, 0.05) is 26.2 Å². The minimum atomic E-state index is -0.533. The van der Waals surface area contributed by atoms with Gasteiger partial charge in [0.15, 0.2) is 0 Å². The fraction of sp³-hybridized carbons (Fsp3) is 0.480. The van der Waals surface area contributed by atoms with Crippen molar-refractivity contribution in [2.45, 2.75) is 44.6 Å². The summed E-state index contributed by atoms with van der Waals surface area (Å²) in [6, 6.07) is 12.9. The number of nitrogens with zero attached hydrogens (tertiary/aromatic N) is 2. The molecule has 6 nitrogen and oxygen atoms in total. The number of hydrogen-bond donors (Lipinski definition) is 1. The fourth-order valence-corrected chi connectivity index (χ4v) is 5.30. The molecule has 2 aliphatic heterocycles. The number of carbonyl (C=O) groups is 3. The van der Waals surface area contributed by atoms with E-state index in [9.17, 15) is 14.4 Å². The normalized spacial score (nSPS) is 18.2. The van der Waals surface area contributed by atoms with Crippen LogP contribution in [0.3, 0.4) is 0 Å². The zero-order chi connectivity index (χ0) is 22.3. The molecule has 2 aliphatic rings. The van der Waals surface area contributed by atoms with Gasteiger partial charge in [0.05, 0.1) is 11.3 Å². The van der Waals surface area contributed by atoms with Gasteiger partial charge in [-0.3, -0.25) is 14.4 Å². The average Bonchev–Trinajstić information content (AvgIpc) is 3.39. The smallest absolute Gasteiger partial charge is 0.262 e. The maximum absolute atomic E-state index is 13.4. The summed E-state index contributed by atoms with van der Waals surface area (Å²) < 4.78 is 0. The summed E-state index contributed by atoms with van der Waals surface area (Å²) in [6.45, 7) is 2.77. The van der Waals surface area contributed by atoms with Gasteiger partial charge in [0.2, 0.25) is 11.8 Å². The highest BCUT2D eigenvalue weighted by Gasteiger charge is 2.36. The molecule has 2 fully saturated rings. The van der Waals surface area contributed by atoms with Crippen LogP contribution in [0.2, 0.25) is 0 Å². The number of carbonyl (C=O) groups excluding carboxylic acids is 3. The van der Waals surface area contributed by atoms with Crippen molar-refractivity contribution in [1.82, 2.24) is 15.1 Å². The van der Waals surface area contributed by atoms with Crippen molar-refractivity contribution < 1.29 is 14.4 Å². The third-order valence-corrected chi connectivity index (χ3v) is 7.40. The molecule has 3 amide bonds. The number of amides is 3. The van der Waals surface area contributed by atoms with E-state index in [1.54, 1.807) is 6.07 Å². The van der Waals surface area contributed by atoms with Gasteiger partial charge < -0.3 is 15.1 Å². The van der Waals surface area contributed by atoms with Crippen LogP contribution in [0.4, 0.5) is 0 Å². The lowest BCUT2D eigenvalue weighted by molar-refractivity contribution is -0.136. The lowest BCUT2D eigenvalue weighted by Crippen LogP contribution is -2.55. The van der Waals surface area contributed by atoms with Crippen LogP contribution in [0.15, 0.2) is 47.8 Å². The lowest BCUT2D eigenvalue weighted by atomic mass is 9.87. The Kier molecular flexibility index (Phi) is 7.58. The predicted molar refractivity (Wildman–Crippen MR) is 125 cm³/mol. The minimum absolute atomic E-state index is 0.0312. The van der Waals surface area contributed by atoms with Crippen LogP contribution in [0.1, 0.15) is 47.3 Å². The second-order valence-corrected chi connectivity index (χ2v) is 9.64. The average molecular weight is 454 g/mol. The van der Waals surface area contributed by atoms with Crippen molar-refractivity contribution in [3.05, 3.63) is 58.3 Å². The Hall–Kier alpha value is -2.67.